The number of anilines is 1. The van der Waals surface area contributed by atoms with Gasteiger partial charge < -0.3 is 9.64 Å². The van der Waals surface area contributed by atoms with Crippen LogP contribution in [0.25, 0.3) is 11.3 Å². The molecule has 4 aromatic rings. The molecule has 1 amide bonds. The van der Waals surface area contributed by atoms with E-state index in [9.17, 15) is 13.2 Å². The van der Waals surface area contributed by atoms with Gasteiger partial charge in [0.05, 0.1) is 28.9 Å². The number of amides is 1. The molecule has 0 spiro atoms. The first kappa shape index (κ1) is 29.1. The van der Waals surface area contributed by atoms with E-state index < -0.39 is 16.1 Å². The Kier molecular flexibility index (Phi) is 7.96. The van der Waals surface area contributed by atoms with Crippen molar-refractivity contribution in [1.82, 2.24) is 24.8 Å². The van der Waals surface area contributed by atoms with Crippen LogP contribution in [0.15, 0.2) is 72.0 Å². The first-order valence-corrected chi connectivity index (χ1v) is 15.2. The monoisotopic (exact) mass is 586 g/mol. The minimum atomic E-state index is -4.14. The van der Waals surface area contributed by atoms with Crippen LogP contribution >= 0.6 is 0 Å². The maximum Gasteiger partial charge on any atom is 0.264 e. The molecular formula is C31H34N6O4S. The largest absolute Gasteiger partial charge is 0.475 e. The second kappa shape index (κ2) is 11.5. The maximum atomic E-state index is 14.1. The summed E-state index contributed by atoms with van der Waals surface area (Å²) in [7, 11) is -4.14. The quantitative estimate of drug-likeness (QED) is 0.346. The number of fused-ring (bicyclic) bond motifs is 4. The summed E-state index contributed by atoms with van der Waals surface area (Å²) in [5, 5.41) is 0. The zero-order valence-corrected chi connectivity index (χ0v) is 25.1. The van der Waals surface area contributed by atoms with Crippen LogP contribution in [0.1, 0.15) is 54.4 Å². The van der Waals surface area contributed by atoms with Gasteiger partial charge in [-0.2, -0.15) is 4.98 Å². The van der Waals surface area contributed by atoms with Crippen molar-refractivity contribution >= 4 is 21.9 Å². The van der Waals surface area contributed by atoms with Crippen LogP contribution in [0, 0.1) is 19.3 Å². The van der Waals surface area contributed by atoms with Crippen molar-refractivity contribution in [2.24, 2.45) is 5.41 Å². The number of benzene rings is 2. The molecule has 0 saturated carbocycles. The number of nitrogens with zero attached hydrogens (tertiary/aromatic N) is 5. The molecule has 1 aliphatic heterocycles. The van der Waals surface area contributed by atoms with E-state index >= 15 is 0 Å². The van der Waals surface area contributed by atoms with Crippen molar-refractivity contribution in [1.29, 1.82) is 0 Å². The number of nitrogens with one attached hydrogen (secondary N) is 1. The van der Waals surface area contributed by atoms with Crippen molar-refractivity contribution in [3.05, 3.63) is 89.5 Å². The molecule has 0 radical (unpaired) electrons. The molecule has 3 heterocycles. The van der Waals surface area contributed by atoms with Crippen LogP contribution in [0.4, 0.5) is 5.95 Å². The Bertz CT molecular complexity index is 1700. The third-order valence-electron chi connectivity index (χ3n) is 7.01. The first-order chi connectivity index (χ1) is 19.9. The van der Waals surface area contributed by atoms with E-state index in [4.69, 9.17) is 4.74 Å². The Balaban J connectivity index is 1.68. The minimum Gasteiger partial charge on any atom is -0.475 e. The van der Waals surface area contributed by atoms with E-state index in [2.05, 4.69) is 45.4 Å². The lowest BCUT2D eigenvalue weighted by Crippen LogP contribution is -2.45. The molecule has 5 rings (SSSR count). The van der Waals surface area contributed by atoms with Crippen LogP contribution < -0.4 is 9.46 Å². The number of ether oxygens (including phenoxy) is 1. The van der Waals surface area contributed by atoms with Gasteiger partial charge in [-0.25, -0.2) is 28.1 Å². The Morgan fingerprint density at radius 3 is 2.45 bits per heavy atom. The van der Waals surface area contributed by atoms with Crippen molar-refractivity contribution in [2.45, 2.75) is 58.5 Å². The molecule has 0 unspecified atom stereocenters. The summed E-state index contributed by atoms with van der Waals surface area (Å²) in [5.74, 6) is -0.261. The van der Waals surface area contributed by atoms with E-state index in [-0.39, 0.29) is 46.8 Å². The fraction of sp³-hybridized carbons (Fsp3) is 0.323. The number of carbonyl (C=O) groups excluding carboxylic acids is 1. The highest BCUT2D eigenvalue weighted by molar-refractivity contribution is 7.92. The first-order valence-electron chi connectivity index (χ1n) is 13.7. The zero-order valence-electron chi connectivity index (χ0n) is 24.3. The summed E-state index contributed by atoms with van der Waals surface area (Å²) in [6.45, 7) is 10.5. The average molecular weight is 587 g/mol. The molecule has 2 aromatic heterocycles. The molecule has 1 N–H and O–H groups in total. The number of carbonyl (C=O) groups is 1. The molecule has 218 valence electrons. The summed E-state index contributed by atoms with van der Waals surface area (Å²) < 4.78 is 35.8. The Hall–Kier alpha value is -4.38. The summed E-state index contributed by atoms with van der Waals surface area (Å²) in [4.78, 5) is 33.1. The van der Waals surface area contributed by atoms with E-state index in [1.54, 1.807) is 35.4 Å². The lowest BCUT2D eigenvalue weighted by molar-refractivity contribution is 0.0509. The van der Waals surface area contributed by atoms with Crippen molar-refractivity contribution < 1.29 is 17.9 Å². The molecule has 1 atom stereocenters. The average Bonchev–Trinajstić information content (AvgIpc) is 2.93. The lowest BCUT2D eigenvalue weighted by Gasteiger charge is -2.35. The highest BCUT2D eigenvalue weighted by atomic mass is 32.2. The number of aromatic nitrogens is 4. The van der Waals surface area contributed by atoms with Gasteiger partial charge in [-0.3, -0.25) is 4.79 Å². The molecule has 0 aliphatic carbocycles. The van der Waals surface area contributed by atoms with Crippen molar-refractivity contribution in [2.75, 3.05) is 11.3 Å². The molecule has 4 bridgehead atoms. The summed E-state index contributed by atoms with van der Waals surface area (Å²) in [6.07, 6.45) is 3.66. The second-order valence-electron chi connectivity index (χ2n) is 11.7. The van der Waals surface area contributed by atoms with E-state index in [1.807, 2.05) is 32.0 Å². The van der Waals surface area contributed by atoms with Crippen molar-refractivity contribution in [3.8, 4) is 17.1 Å². The van der Waals surface area contributed by atoms with Crippen LogP contribution in [0.3, 0.4) is 0 Å². The highest BCUT2D eigenvalue weighted by Crippen LogP contribution is 2.31. The summed E-state index contributed by atoms with van der Waals surface area (Å²) in [5.41, 5.74) is 4.06. The Morgan fingerprint density at radius 1 is 1.02 bits per heavy atom. The normalized spacial score (nSPS) is 16.8. The SMILES string of the molecule is Cc1cccc(C)c1-c1cc2nc(n1)NS(=O)(=O)c1cccc(c1)C(=O)N(Cc1ccncn1)[C@H](CC(C)(C)C)CO2. The number of aryl methyl sites for hydroxylation is 2. The topological polar surface area (TPSA) is 127 Å². The van der Waals surface area contributed by atoms with Gasteiger partial charge in [0.15, 0.2) is 0 Å². The standard InChI is InChI=1S/C31H34N6O4S/c1-20-8-6-9-21(2)28(20)26-15-27-35-30(34-26)36-42(39,40)25-11-7-10-22(14-25)29(38)37(17-23-12-13-32-19-33-23)24(18-41-27)16-31(3,4)5/h6-15,19,24H,16-18H2,1-5H3,(H,34,35,36)/t24-/m1/s1. The predicted octanol–water partition coefficient (Wildman–Crippen LogP) is 5.19. The van der Waals surface area contributed by atoms with Gasteiger partial charge in [0.2, 0.25) is 11.8 Å². The third-order valence-corrected chi connectivity index (χ3v) is 8.33. The number of rotatable bonds is 4. The van der Waals surface area contributed by atoms with Crippen molar-refractivity contribution in [3.63, 3.8) is 0 Å². The molecule has 0 fully saturated rings. The van der Waals surface area contributed by atoms with Gasteiger partial charge >= 0.3 is 0 Å². The maximum absolute atomic E-state index is 14.1. The van der Waals surface area contributed by atoms with Gasteiger partial charge in [-0.1, -0.05) is 45.0 Å². The van der Waals surface area contributed by atoms with Gasteiger partial charge in [-0.05, 0) is 61.1 Å². The fourth-order valence-corrected chi connectivity index (χ4v) is 6.12. The summed E-state index contributed by atoms with van der Waals surface area (Å²) >= 11 is 0. The smallest absolute Gasteiger partial charge is 0.264 e. The summed E-state index contributed by atoms with van der Waals surface area (Å²) in [6, 6.07) is 14.9. The van der Waals surface area contributed by atoms with Gasteiger partial charge in [0.25, 0.3) is 15.9 Å². The van der Waals surface area contributed by atoms with Crippen LogP contribution in [-0.2, 0) is 16.6 Å². The van der Waals surface area contributed by atoms with Gasteiger partial charge in [0, 0.05) is 23.4 Å². The number of hydrogen-bond acceptors (Lipinski definition) is 8. The van der Waals surface area contributed by atoms with E-state index in [0.717, 1.165) is 16.7 Å². The van der Waals surface area contributed by atoms with E-state index in [1.165, 1.54) is 18.5 Å². The molecule has 11 heteroatoms. The molecular weight excluding hydrogens is 552 g/mol. The molecule has 2 aromatic carbocycles. The van der Waals surface area contributed by atoms with Gasteiger partial charge in [-0.15, -0.1) is 0 Å². The molecule has 10 nitrogen and oxygen atoms in total. The molecule has 0 saturated heterocycles. The molecule has 1 aliphatic rings. The predicted molar refractivity (Wildman–Crippen MR) is 159 cm³/mol. The van der Waals surface area contributed by atoms with E-state index in [0.29, 0.717) is 17.8 Å². The van der Waals surface area contributed by atoms with Crippen LogP contribution in [-0.4, -0.2) is 51.8 Å². The molecule has 42 heavy (non-hydrogen) atoms. The Morgan fingerprint density at radius 2 is 1.76 bits per heavy atom. The second-order valence-corrected chi connectivity index (χ2v) is 13.4. The number of hydrogen-bond donors (Lipinski definition) is 1. The minimum absolute atomic E-state index is 0.0782. The van der Waals surface area contributed by atoms with Crippen LogP contribution in [0.2, 0.25) is 0 Å². The number of sulfonamides is 1. The fourth-order valence-electron chi connectivity index (χ4n) is 5.13. The van der Waals surface area contributed by atoms with Gasteiger partial charge in [0.1, 0.15) is 12.9 Å². The lowest BCUT2D eigenvalue weighted by atomic mass is 9.87. The zero-order chi connectivity index (χ0) is 30.1. The highest BCUT2D eigenvalue weighted by Gasteiger charge is 2.31. The Labute approximate surface area is 246 Å². The van der Waals surface area contributed by atoms with Crippen LogP contribution in [0.5, 0.6) is 5.88 Å². The third kappa shape index (κ3) is 6.57.